The fourth-order valence-electron chi connectivity index (χ4n) is 3.45. The van der Waals surface area contributed by atoms with Crippen LogP contribution in [-0.2, 0) is 6.42 Å². The number of hydrogen-bond donors (Lipinski definition) is 1. The number of fused-ring (bicyclic) bond motifs is 1. The summed E-state index contributed by atoms with van der Waals surface area (Å²) in [6.45, 7) is 4.82. The topological polar surface area (TPSA) is 50.3 Å². The van der Waals surface area contributed by atoms with Gasteiger partial charge >= 0.3 is 0 Å². The van der Waals surface area contributed by atoms with E-state index < -0.39 is 0 Å². The van der Waals surface area contributed by atoms with Gasteiger partial charge in [-0.3, -0.25) is 0 Å². The molecule has 0 aliphatic carbocycles. The molecular weight excluding hydrogens is 324 g/mol. The van der Waals surface area contributed by atoms with Gasteiger partial charge in [-0.05, 0) is 44.0 Å². The first-order valence-corrected chi connectivity index (χ1v) is 8.94. The molecule has 0 radical (unpaired) electrons. The highest BCUT2D eigenvalue weighted by molar-refractivity contribution is 5.72. The van der Waals surface area contributed by atoms with E-state index in [1.54, 1.807) is 6.33 Å². The predicted molar refractivity (Wildman–Crippen MR) is 105 cm³/mol. The van der Waals surface area contributed by atoms with E-state index in [0.717, 1.165) is 29.5 Å². The van der Waals surface area contributed by atoms with Crippen LogP contribution in [0.15, 0.2) is 60.9 Å². The minimum absolute atomic E-state index is 0.367. The van der Waals surface area contributed by atoms with Crippen molar-refractivity contribution in [3.8, 4) is 5.75 Å². The van der Waals surface area contributed by atoms with Crippen molar-refractivity contribution in [1.29, 1.82) is 0 Å². The van der Waals surface area contributed by atoms with Gasteiger partial charge in [-0.1, -0.05) is 30.3 Å². The van der Waals surface area contributed by atoms with E-state index in [0.29, 0.717) is 12.6 Å². The first kappa shape index (κ1) is 16.4. The summed E-state index contributed by atoms with van der Waals surface area (Å²) >= 11 is 0. The second-order valence-corrected chi connectivity index (χ2v) is 6.37. The number of benzene rings is 2. The summed E-state index contributed by atoms with van der Waals surface area (Å²) in [7, 11) is 0. The number of nitrogens with zero attached hydrogens (tertiary/aromatic N) is 3. The van der Waals surface area contributed by atoms with Crippen LogP contribution in [0, 0.1) is 0 Å². The summed E-state index contributed by atoms with van der Waals surface area (Å²) in [5.74, 6) is 2.46. The van der Waals surface area contributed by atoms with Gasteiger partial charge in [0.25, 0.3) is 0 Å². The highest BCUT2D eigenvalue weighted by Crippen LogP contribution is 2.37. The quantitative estimate of drug-likeness (QED) is 0.725. The molecule has 2 heterocycles. The average Bonchev–Trinajstić information content (AvgIpc) is 2.99. The van der Waals surface area contributed by atoms with Crippen LogP contribution in [0.1, 0.15) is 19.4 Å². The Kier molecular flexibility index (Phi) is 4.44. The lowest BCUT2D eigenvalue weighted by Crippen LogP contribution is -2.24. The number of anilines is 4. The SMILES string of the molecule is CCOc1ccccc1Nc1cc(N2c3ccccc3CC2C)ncn1. The zero-order chi connectivity index (χ0) is 17.9. The summed E-state index contributed by atoms with van der Waals surface area (Å²) in [5, 5.41) is 3.36. The van der Waals surface area contributed by atoms with E-state index in [-0.39, 0.29) is 0 Å². The largest absolute Gasteiger partial charge is 0.492 e. The number of nitrogens with one attached hydrogen (secondary N) is 1. The molecule has 2 aromatic carbocycles. The first-order chi connectivity index (χ1) is 12.8. The molecule has 1 aromatic heterocycles. The Labute approximate surface area is 153 Å². The van der Waals surface area contributed by atoms with Crippen molar-refractivity contribution in [3.05, 3.63) is 66.5 Å². The Bertz CT molecular complexity index is 912. The third-order valence-corrected chi connectivity index (χ3v) is 4.56. The van der Waals surface area contributed by atoms with Gasteiger partial charge in [0.2, 0.25) is 0 Å². The van der Waals surface area contributed by atoms with Gasteiger partial charge in [-0.25, -0.2) is 9.97 Å². The number of aromatic nitrogens is 2. The molecule has 3 aromatic rings. The van der Waals surface area contributed by atoms with Crippen LogP contribution in [0.3, 0.4) is 0 Å². The van der Waals surface area contributed by atoms with Gasteiger partial charge in [-0.15, -0.1) is 0 Å². The molecule has 5 nitrogen and oxygen atoms in total. The molecule has 26 heavy (non-hydrogen) atoms. The summed E-state index contributed by atoms with van der Waals surface area (Å²) in [5.41, 5.74) is 3.48. The molecule has 0 saturated heterocycles. The smallest absolute Gasteiger partial charge is 0.142 e. The van der Waals surface area contributed by atoms with Gasteiger partial charge in [0.05, 0.1) is 12.3 Å². The summed E-state index contributed by atoms with van der Waals surface area (Å²) < 4.78 is 5.69. The summed E-state index contributed by atoms with van der Waals surface area (Å²) in [6.07, 6.45) is 2.63. The van der Waals surface area contributed by atoms with Crippen LogP contribution in [0.4, 0.5) is 23.0 Å². The maximum absolute atomic E-state index is 5.69. The normalized spacial score (nSPS) is 15.6. The lowest BCUT2D eigenvalue weighted by molar-refractivity contribution is 0.342. The molecular formula is C21H22N4O. The standard InChI is InChI=1S/C21H22N4O/c1-3-26-19-11-7-5-9-17(19)24-20-13-21(23-14-22-20)25-15(2)12-16-8-4-6-10-18(16)25/h4-11,13-15H,3,12H2,1-2H3,(H,22,23,24). The van der Waals surface area contributed by atoms with Crippen molar-refractivity contribution in [2.75, 3.05) is 16.8 Å². The van der Waals surface area contributed by atoms with Crippen molar-refractivity contribution < 1.29 is 4.74 Å². The lowest BCUT2D eigenvalue weighted by Gasteiger charge is -2.24. The Morgan fingerprint density at radius 2 is 1.92 bits per heavy atom. The van der Waals surface area contributed by atoms with E-state index >= 15 is 0 Å². The monoisotopic (exact) mass is 346 g/mol. The molecule has 5 heteroatoms. The number of hydrogen-bond acceptors (Lipinski definition) is 5. The van der Waals surface area contributed by atoms with E-state index in [1.165, 1.54) is 11.3 Å². The second-order valence-electron chi connectivity index (χ2n) is 6.37. The molecule has 1 unspecified atom stereocenters. The molecule has 0 fully saturated rings. The van der Waals surface area contributed by atoms with Crippen LogP contribution >= 0.6 is 0 Å². The molecule has 0 spiro atoms. The average molecular weight is 346 g/mol. The Hall–Kier alpha value is -3.08. The molecule has 1 aliphatic rings. The maximum Gasteiger partial charge on any atom is 0.142 e. The van der Waals surface area contributed by atoms with E-state index in [2.05, 4.69) is 51.4 Å². The molecule has 132 valence electrons. The third kappa shape index (κ3) is 3.08. The van der Waals surface area contributed by atoms with Crippen molar-refractivity contribution in [2.24, 2.45) is 0 Å². The van der Waals surface area contributed by atoms with Crippen LogP contribution in [0.5, 0.6) is 5.75 Å². The van der Waals surface area contributed by atoms with Crippen molar-refractivity contribution in [1.82, 2.24) is 9.97 Å². The van der Waals surface area contributed by atoms with Crippen molar-refractivity contribution >= 4 is 23.0 Å². The van der Waals surface area contributed by atoms with Gasteiger partial charge in [-0.2, -0.15) is 0 Å². The van der Waals surface area contributed by atoms with Crippen molar-refractivity contribution in [2.45, 2.75) is 26.3 Å². The zero-order valence-corrected chi connectivity index (χ0v) is 15.0. The van der Waals surface area contributed by atoms with E-state index in [4.69, 9.17) is 4.74 Å². The molecule has 0 saturated carbocycles. The third-order valence-electron chi connectivity index (χ3n) is 4.56. The van der Waals surface area contributed by atoms with Gasteiger partial charge in [0.15, 0.2) is 0 Å². The molecule has 1 N–H and O–H groups in total. The first-order valence-electron chi connectivity index (χ1n) is 8.94. The Morgan fingerprint density at radius 3 is 2.81 bits per heavy atom. The van der Waals surface area contributed by atoms with Gasteiger partial charge in [0, 0.05) is 17.8 Å². The second kappa shape index (κ2) is 7.04. The molecule has 0 amide bonds. The zero-order valence-electron chi connectivity index (χ0n) is 15.0. The molecule has 1 atom stereocenters. The Morgan fingerprint density at radius 1 is 1.12 bits per heavy atom. The summed E-state index contributed by atoms with van der Waals surface area (Å²) in [4.78, 5) is 11.2. The van der Waals surface area contributed by atoms with E-state index in [1.807, 2.05) is 37.3 Å². The minimum atomic E-state index is 0.367. The maximum atomic E-state index is 5.69. The number of rotatable bonds is 5. The molecule has 0 bridgehead atoms. The number of ether oxygens (including phenoxy) is 1. The number of para-hydroxylation sites is 3. The van der Waals surface area contributed by atoms with Gasteiger partial charge < -0.3 is 15.0 Å². The fraction of sp³-hybridized carbons (Fsp3) is 0.238. The predicted octanol–water partition coefficient (Wildman–Crippen LogP) is 4.70. The molecule has 1 aliphatic heterocycles. The minimum Gasteiger partial charge on any atom is -0.492 e. The molecule has 4 rings (SSSR count). The fourth-order valence-corrected chi connectivity index (χ4v) is 3.45. The highest BCUT2D eigenvalue weighted by atomic mass is 16.5. The van der Waals surface area contributed by atoms with Crippen LogP contribution in [0.2, 0.25) is 0 Å². The van der Waals surface area contributed by atoms with E-state index in [9.17, 15) is 0 Å². The van der Waals surface area contributed by atoms with Crippen LogP contribution < -0.4 is 15.0 Å². The lowest BCUT2D eigenvalue weighted by atomic mass is 10.1. The summed E-state index contributed by atoms with van der Waals surface area (Å²) in [6, 6.07) is 18.7. The van der Waals surface area contributed by atoms with Gasteiger partial charge in [0.1, 0.15) is 23.7 Å². The van der Waals surface area contributed by atoms with Crippen LogP contribution in [-0.4, -0.2) is 22.6 Å². The Balaban J connectivity index is 1.64. The van der Waals surface area contributed by atoms with Crippen LogP contribution in [0.25, 0.3) is 0 Å². The van der Waals surface area contributed by atoms with Crippen molar-refractivity contribution in [3.63, 3.8) is 0 Å². The highest BCUT2D eigenvalue weighted by Gasteiger charge is 2.27.